The Morgan fingerprint density at radius 3 is 2.19 bits per heavy atom. The summed E-state index contributed by atoms with van der Waals surface area (Å²) in [6.45, 7) is 1.03. The van der Waals surface area contributed by atoms with Crippen LogP contribution in [0.25, 0.3) is 0 Å². The lowest BCUT2D eigenvalue weighted by molar-refractivity contribution is -0.133. The molecule has 0 aromatic carbocycles. The summed E-state index contributed by atoms with van der Waals surface area (Å²) in [4.78, 5) is 21.6. The first-order valence-electron chi connectivity index (χ1n) is 4.82. The number of hydrogen-bond donors (Lipinski definition) is 4. The fourth-order valence-corrected chi connectivity index (χ4v) is 1.54. The van der Waals surface area contributed by atoms with Gasteiger partial charge < -0.3 is 20.6 Å². The van der Waals surface area contributed by atoms with Crippen molar-refractivity contribution in [3.63, 3.8) is 0 Å². The topological polar surface area (TPSA) is 107 Å². The highest BCUT2D eigenvalue weighted by atomic mass is 32.2. The SMILES string of the molecule is CCC(CO)(CO)NC(=O)CSCC(=O)O. The second-order valence-corrected chi connectivity index (χ2v) is 4.37. The second-order valence-electron chi connectivity index (χ2n) is 3.38. The van der Waals surface area contributed by atoms with Crippen LogP contribution in [0.15, 0.2) is 0 Å². The molecular weight excluding hydrogens is 234 g/mol. The summed E-state index contributed by atoms with van der Waals surface area (Å²) in [5.74, 6) is -1.53. The summed E-state index contributed by atoms with van der Waals surface area (Å²) < 4.78 is 0. The lowest BCUT2D eigenvalue weighted by atomic mass is 9.99. The van der Waals surface area contributed by atoms with Crippen molar-refractivity contribution < 1.29 is 24.9 Å². The number of carboxylic acid groups (broad SMARTS) is 1. The van der Waals surface area contributed by atoms with Crippen molar-refractivity contribution in [2.45, 2.75) is 18.9 Å². The van der Waals surface area contributed by atoms with Crippen LogP contribution >= 0.6 is 11.8 Å². The molecule has 0 saturated carbocycles. The maximum atomic E-state index is 11.4. The first-order valence-corrected chi connectivity index (χ1v) is 5.97. The third-order valence-corrected chi connectivity index (χ3v) is 3.06. The Balaban J connectivity index is 4.05. The number of aliphatic carboxylic acids is 1. The number of thioether (sulfide) groups is 1. The van der Waals surface area contributed by atoms with Gasteiger partial charge in [-0.2, -0.15) is 0 Å². The fourth-order valence-electron chi connectivity index (χ4n) is 1.00. The van der Waals surface area contributed by atoms with Gasteiger partial charge in [-0.3, -0.25) is 9.59 Å². The van der Waals surface area contributed by atoms with E-state index in [-0.39, 0.29) is 24.7 Å². The molecule has 4 N–H and O–H groups in total. The van der Waals surface area contributed by atoms with Gasteiger partial charge in [0.25, 0.3) is 0 Å². The number of aliphatic hydroxyl groups is 2. The quantitative estimate of drug-likeness (QED) is 0.443. The molecule has 0 unspecified atom stereocenters. The molecule has 0 rings (SSSR count). The van der Waals surface area contributed by atoms with Crippen LogP contribution in [0.3, 0.4) is 0 Å². The van der Waals surface area contributed by atoms with Gasteiger partial charge >= 0.3 is 5.97 Å². The highest BCUT2D eigenvalue weighted by molar-refractivity contribution is 8.00. The summed E-state index contributed by atoms with van der Waals surface area (Å²) in [5.41, 5.74) is -1.01. The van der Waals surface area contributed by atoms with E-state index in [2.05, 4.69) is 5.32 Å². The molecule has 7 heteroatoms. The molecule has 0 heterocycles. The first kappa shape index (κ1) is 15.2. The Hall–Kier alpha value is -0.790. The molecule has 0 bridgehead atoms. The molecule has 0 fully saturated rings. The lowest BCUT2D eigenvalue weighted by Gasteiger charge is -2.29. The summed E-state index contributed by atoms with van der Waals surface area (Å²) in [6.07, 6.45) is 0.398. The molecule has 0 aliphatic carbocycles. The van der Waals surface area contributed by atoms with Crippen LogP contribution in [0.5, 0.6) is 0 Å². The fraction of sp³-hybridized carbons (Fsp3) is 0.778. The van der Waals surface area contributed by atoms with E-state index in [9.17, 15) is 9.59 Å². The molecule has 0 aromatic rings. The van der Waals surface area contributed by atoms with E-state index in [1.807, 2.05) is 0 Å². The zero-order chi connectivity index (χ0) is 12.6. The van der Waals surface area contributed by atoms with Gasteiger partial charge in [0.1, 0.15) is 0 Å². The number of carboxylic acids is 1. The van der Waals surface area contributed by atoms with Crippen molar-refractivity contribution in [3.8, 4) is 0 Å². The third-order valence-electron chi connectivity index (χ3n) is 2.15. The van der Waals surface area contributed by atoms with Crippen LogP contribution in [0.2, 0.25) is 0 Å². The molecule has 0 aliphatic rings. The highest BCUT2D eigenvalue weighted by Crippen LogP contribution is 2.09. The monoisotopic (exact) mass is 251 g/mol. The predicted molar refractivity (Wildman–Crippen MR) is 60.3 cm³/mol. The summed E-state index contributed by atoms with van der Waals surface area (Å²) in [5, 5.41) is 29.0. The Labute approximate surface area is 98.0 Å². The van der Waals surface area contributed by atoms with E-state index >= 15 is 0 Å². The molecule has 0 aliphatic heterocycles. The molecule has 0 saturated heterocycles. The van der Waals surface area contributed by atoms with Crippen molar-refractivity contribution in [1.29, 1.82) is 0 Å². The minimum Gasteiger partial charge on any atom is -0.481 e. The van der Waals surface area contributed by atoms with Crippen LogP contribution in [-0.2, 0) is 9.59 Å². The Kier molecular flexibility index (Phi) is 7.11. The number of rotatable bonds is 8. The van der Waals surface area contributed by atoms with Crippen LogP contribution in [0.1, 0.15) is 13.3 Å². The van der Waals surface area contributed by atoms with Crippen molar-refractivity contribution in [3.05, 3.63) is 0 Å². The largest absolute Gasteiger partial charge is 0.481 e. The second kappa shape index (κ2) is 7.48. The number of hydrogen-bond acceptors (Lipinski definition) is 5. The third kappa shape index (κ3) is 5.34. The smallest absolute Gasteiger partial charge is 0.313 e. The van der Waals surface area contributed by atoms with Gasteiger partial charge in [-0.05, 0) is 6.42 Å². The van der Waals surface area contributed by atoms with Gasteiger partial charge in [0.2, 0.25) is 5.91 Å². The van der Waals surface area contributed by atoms with Crippen molar-refractivity contribution in [2.24, 2.45) is 0 Å². The number of carbonyl (C=O) groups is 2. The van der Waals surface area contributed by atoms with Gasteiger partial charge in [-0.25, -0.2) is 0 Å². The molecular formula is C9H17NO5S. The molecule has 0 atom stereocenters. The van der Waals surface area contributed by atoms with Crippen LogP contribution in [0, 0.1) is 0 Å². The van der Waals surface area contributed by atoms with E-state index in [4.69, 9.17) is 15.3 Å². The van der Waals surface area contributed by atoms with E-state index in [0.717, 1.165) is 11.8 Å². The maximum Gasteiger partial charge on any atom is 0.313 e. The average Bonchev–Trinajstić information content (AvgIpc) is 2.25. The van der Waals surface area contributed by atoms with Gasteiger partial charge in [-0.1, -0.05) is 6.92 Å². The number of amides is 1. The highest BCUT2D eigenvalue weighted by Gasteiger charge is 2.28. The summed E-state index contributed by atoms with van der Waals surface area (Å²) >= 11 is 0.967. The minimum absolute atomic E-state index is 0.00590. The van der Waals surface area contributed by atoms with Gasteiger partial charge in [-0.15, -0.1) is 11.8 Å². The molecule has 94 valence electrons. The maximum absolute atomic E-state index is 11.4. The molecule has 6 nitrogen and oxygen atoms in total. The van der Waals surface area contributed by atoms with Crippen molar-refractivity contribution >= 4 is 23.6 Å². The predicted octanol–water partition coefficient (Wildman–Crippen LogP) is -0.946. The van der Waals surface area contributed by atoms with E-state index < -0.39 is 17.4 Å². The van der Waals surface area contributed by atoms with Crippen LogP contribution in [-0.4, -0.2) is 57.5 Å². The van der Waals surface area contributed by atoms with Gasteiger partial charge in [0, 0.05) is 0 Å². The summed E-state index contributed by atoms with van der Waals surface area (Å²) in [6, 6.07) is 0. The molecule has 0 spiro atoms. The zero-order valence-corrected chi connectivity index (χ0v) is 9.92. The van der Waals surface area contributed by atoms with Crippen molar-refractivity contribution in [2.75, 3.05) is 24.7 Å². The summed E-state index contributed by atoms with van der Waals surface area (Å²) in [7, 11) is 0. The Bertz CT molecular complexity index is 234. The first-order chi connectivity index (χ1) is 7.49. The Morgan fingerprint density at radius 2 is 1.81 bits per heavy atom. The van der Waals surface area contributed by atoms with E-state index in [0.29, 0.717) is 6.42 Å². The molecule has 0 radical (unpaired) electrons. The number of aliphatic hydroxyl groups excluding tert-OH is 2. The Morgan fingerprint density at radius 1 is 1.25 bits per heavy atom. The van der Waals surface area contributed by atoms with Crippen molar-refractivity contribution in [1.82, 2.24) is 5.32 Å². The zero-order valence-electron chi connectivity index (χ0n) is 9.10. The molecule has 16 heavy (non-hydrogen) atoms. The molecule has 0 aromatic heterocycles. The lowest BCUT2D eigenvalue weighted by Crippen LogP contribution is -2.54. The standard InChI is InChI=1S/C9H17NO5S/c1-2-9(5-11,6-12)10-7(13)3-16-4-8(14)15/h11-12H,2-6H2,1H3,(H,10,13)(H,14,15). The van der Waals surface area contributed by atoms with E-state index in [1.165, 1.54) is 0 Å². The average molecular weight is 251 g/mol. The molecule has 1 amide bonds. The van der Waals surface area contributed by atoms with Crippen LogP contribution in [0.4, 0.5) is 0 Å². The van der Waals surface area contributed by atoms with E-state index in [1.54, 1.807) is 6.92 Å². The van der Waals surface area contributed by atoms with Gasteiger partial charge in [0.15, 0.2) is 0 Å². The van der Waals surface area contributed by atoms with Gasteiger partial charge in [0.05, 0.1) is 30.3 Å². The number of nitrogens with one attached hydrogen (secondary N) is 1. The normalized spacial score (nSPS) is 11.2. The number of carbonyl (C=O) groups excluding carboxylic acids is 1. The van der Waals surface area contributed by atoms with Crippen LogP contribution < -0.4 is 5.32 Å². The minimum atomic E-state index is -1.01.